The van der Waals surface area contributed by atoms with Crippen LogP contribution in [0.3, 0.4) is 0 Å². The lowest BCUT2D eigenvalue weighted by Gasteiger charge is -2.08. The van der Waals surface area contributed by atoms with Crippen molar-refractivity contribution in [3.63, 3.8) is 0 Å². The zero-order chi connectivity index (χ0) is 16.6. The zero-order valence-corrected chi connectivity index (χ0v) is 13.4. The van der Waals surface area contributed by atoms with Gasteiger partial charge in [-0.05, 0) is 31.5 Å². The van der Waals surface area contributed by atoms with E-state index in [1.807, 2.05) is 12.3 Å². The van der Waals surface area contributed by atoms with E-state index < -0.39 is 11.7 Å². The monoisotopic (exact) mass is 331 g/mol. The van der Waals surface area contributed by atoms with E-state index in [4.69, 9.17) is 0 Å². The third-order valence-electron chi connectivity index (χ3n) is 3.51. The van der Waals surface area contributed by atoms with Crippen LogP contribution in [0.2, 0.25) is 0 Å². The van der Waals surface area contributed by atoms with Crippen LogP contribution in [-0.4, -0.2) is 15.3 Å². The number of benzene rings is 1. The lowest BCUT2D eigenvalue weighted by Crippen LogP contribution is -2.25. The van der Waals surface area contributed by atoms with E-state index in [0.29, 0.717) is 17.1 Å². The third-order valence-corrected chi connectivity index (χ3v) is 4.38. The Balaban J connectivity index is 2.06. The van der Waals surface area contributed by atoms with Crippen LogP contribution < -0.4 is 10.9 Å². The normalized spacial score (nSPS) is 10.9. The van der Waals surface area contributed by atoms with Crippen molar-refractivity contribution in [1.82, 2.24) is 9.38 Å². The topological polar surface area (TPSA) is 63.5 Å². The summed E-state index contributed by atoms with van der Waals surface area (Å²) in [6.07, 6.45) is 0.682. The molecule has 7 heteroatoms. The number of nitrogens with one attached hydrogen (secondary N) is 1. The molecule has 2 aromatic heterocycles. The fraction of sp³-hybridized carbons (Fsp3) is 0.188. The molecule has 118 valence electrons. The van der Waals surface area contributed by atoms with Gasteiger partial charge in [-0.15, -0.1) is 11.3 Å². The summed E-state index contributed by atoms with van der Waals surface area (Å²) in [5.74, 6) is -1.05. The second-order valence-corrected chi connectivity index (χ2v) is 5.88. The van der Waals surface area contributed by atoms with Crippen molar-refractivity contribution in [2.75, 3.05) is 5.32 Å². The van der Waals surface area contributed by atoms with Crippen LogP contribution in [0.25, 0.3) is 4.96 Å². The van der Waals surface area contributed by atoms with Gasteiger partial charge in [-0.2, -0.15) is 0 Å². The summed E-state index contributed by atoms with van der Waals surface area (Å²) in [7, 11) is 0. The SMILES string of the molecule is CCc1csc2nc(C)c(NC(=O)c3cccc(F)c3)c(=O)n12. The number of halogens is 1. The lowest BCUT2D eigenvalue weighted by molar-refractivity contribution is 0.102. The maximum atomic E-state index is 13.2. The van der Waals surface area contributed by atoms with Crippen LogP contribution in [0.5, 0.6) is 0 Å². The predicted octanol–water partition coefficient (Wildman–Crippen LogP) is 3.02. The molecule has 5 nitrogen and oxygen atoms in total. The summed E-state index contributed by atoms with van der Waals surface area (Å²) in [5.41, 5.74) is 1.21. The van der Waals surface area contributed by atoms with E-state index in [9.17, 15) is 14.0 Å². The van der Waals surface area contributed by atoms with E-state index in [-0.39, 0.29) is 16.8 Å². The first-order valence-corrected chi connectivity index (χ1v) is 7.96. The highest BCUT2D eigenvalue weighted by atomic mass is 32.1. The number of hydrogen-bond donors (Lipinski definition) is 1. The first-order valence-electron chi connectivity index (χ1n) is 7.08. The molecule has 0 atom stereocenters. The molecule has 0 bridgehead atoms. The Morgan fingerprint density at radius 3 is 2.91 bits per heavy atom. The van der Waals surface area contributed by atoms with Gasteiger partial charge in [-0.25, -0.2) is 9.37 Å². The molecular weight excluding hydrogens is 317 g/mol. The van der Waals surface area contributed by atoms with Crippen LogP contribution >= 0.6 is 11.3 Å². The minimum absolute atomic E-state index is 0.116. The van der Waals surface area contributed by atoms with E-state index in [1.54, 1.807) is 6.92 Å². The zero-order valence-electron chi connectivity index (χ0n) is 12.6. The molecule has 0 radical (unpaired) electrons. The van der Waals surface area contributed by atoms with Crippen molar-refractivity contribution in [3.8, 4) is 0 Å². The molecular formula is C16H14FN3O2S. The average Bonchev–Trinajstić information content (AvgIpc) is 2.94. The Morgan fingerprint density at radius 2 is 2.22 bits per heavy atom. The molecule has 0 aliphatic heterocycles. The number of anilines is 1. The van der Waals surface area contributed by atoms with Gasteiger partial charge in [0.25, 0.3) is 11.5 Å². The molecule has 3 aromatic rings. The summed E-state index contributed by atoms with van der Waals surface area (Å²) >= 11 is 1.38. The largest absolute Gasteiger partial charge is 0.316 e. The first-order chi connectivity index (χ1) is 11.0. The number of carbonyl (C=O) groups excluding carboxylic acids is 1. The second-order valence-electron chi connectivity index (χ2n) is 5.04. The minimum atomic E-state index is -0.542. The third kappa shape index (κ3) is 2.75. The van der Waals surface area contributed by atoms with Gasteiger partial charge < -0.3 is 5.32 Å². The number of aromatic nitrogens is 2. The second kappa shape index (κ2) is 5.92. The molecule has 1 amide bonds. The van der Waals surface area contributed by atoms with Crippen LogP contribution in [-0.2, 0) is 6.42 Å². The quantitative estimate of drug-likeness (QED) is 0.802. The summed E-state index contributed by atoms with van der Waals surface area (Å²) in [5, 5.41) is 4.43. The van der Waals surface area contributed by atoms with Gasteiger partial charge in [0.2, 0.25) is 0 Å². The van der Waals surface area contributed by atoms with E-state index in [2.05, 4.69) is 10.3 Å². The molecule has 23 heavy (non-hydrogen) atoms. The van der Waals surface area contributed by atoms with Gasteiger partial charge in [0.1, 0.15) is 11.5 Å². The highest BCUT2D eigenvalue weighted by Gasteiger charge is 2.16. The number of carbonyl (C=O) groups is 1. The molecule has 0 unspecified atom stereocenters. The van der Waals surface area contributed by atoms with Crippen molar-refractivity contribution in [2.24, 2.45) is 0 Å². The number of hydrogen-bond acceptors (Lipinski definition) is 4. The van der Waals surface area contributed by atoms with Crippen LogP contribution in [0.4, 0.5) is 10.1 Å². The number of thiazole rings is 1. The molecule has 2 heterocycles. The Bertz CT molecular complexity index is 962. The smallest absolute Gasteiger partial charge is 0.282 e. The van der Waals surface area contributed by atoms with E-state index in [1.165, 1.54) is 33.9 Å². The summed E-state index contributed by atoms with van der Waals surface area (Å²) < 4.78 is 14.7. The van der Waals surface area contributed by atoms with Gasteiger partial charge >= 0.3 is 0 Å². The number of rotatable bonds is 3. The van der Waals surface area contributed by atoms with Gasteiger partial charge in [0, 0.05) is 16.6 Å². The lowest BCUT2D eigenvalue weighted by atomic mass is 10.2. The molecule has 1 aromatic carbocycles. The number of amides is 1. The Labute approximate surface area is 135 Å². The fourth-order valence-electron chi connectivity index (χ4n) is 2.31. The standard InChI is InChI=1S/C16H14FN3O2S/c1-3-12-8-23-16-18-9(2)13(15(22)20(12)16)19-14(21)10-5-4-6-11(17)7-10/h4-8H,3H2,1-2H3,(H,19,21). The van der Waals surface area contributed by atoms with Gasteiger partial charge in [-0.1, -0.05) is 13.0 Å². The van der Waals surface area contributed by atoms with Crippen LogP contribution in [0.15, 0.2) is 34.4 Å². The Hall–Kier alpha value is -2.54. The van der Waals surface area contributed by atoms with Crippen LogP contribution in [0, 0.1) is 12.7 Å². The Kier molecular flexibility index (Phi) is 3.96. The van der Waals surface area contributed by atoms with Crippen molar-refractivity contribution < 1.29 is 9.18 Å². The molecule has 0 saturated carbocycles. The predicted molar refractivity (Wildman–Crippen MR) is 87.8 cm³/mol. The molecule has 0 fully saturated rings. The molecule has 0 aliphatic rings. The van der Waals surface area contributed by atoms with Crippen molar-refractivity contribution in [2.45, 2.75) is 20.3 Å². The van der Waals surface area contributed by atoms with E-state index >= 15 is 0 Å². The van der Waals surface area contributed by atoms with Crippen LogP contribution in [0.1, 0.15) is 28.7 Å². The molecule has 3 rings (SSSR count). The number of nitrogens with zero attached hydrogens (tertiary/aromatic N) is 2. The maximum absolute atomic E-state index is 13.2. The van der Waals surface area contributed by atoms with E-state index in [0.717, 1.165) is 11.8 Å². The molecule has 0 spiro atoms. The van der Waals surface area contributed by atoms with Crippen molar-refractivity contribution in [1.29, 1.82) is 0 Å². The molecule has 0 aliphatic carbocycles. The highest BCUT2D eigenvalue weighted by Crippen LogP contribution is 2.17. The molecule has 0 saturated heterocycles. The Morgan fingerprint density at radius 1 is 1.43 bits per heavy atom. The fourth-order valence-corrected chi connectivity index (χ4v) is 3.32. The maximum Gasteiger partial charge on any atom is 0.282 e. The number of aryl methyl sites for hydroxylation is 2. The number of fused-ring (bicyclic) bond motifs is 1. The first kappa shape index (κ1) is 15.4. The minimum Gasteiger partial charge on any atom is -0.316 e. The van der Waals surface area contributed by atoms with Gasteiger partial charge in [0.15, 0.2) is 4.96 Å². The molecule has 1 N–H and O–H groups in total. The highest BCUT2D eigenvalue weighted by molar-refractivity contribution is 7.15. The van der Waals surface area contributed by atoms with Crippen molar-refractivity contribution in [3.05, 3.63) is 62.8 Å². The average molecular weight is 331 g/mol. The summed E-state index contributed by atoms with van der Waals surface area (Å²) in [6, 6.07) is 5.30. The summed E-state index contributed by atoms with van der Waals surface area (Å²) in [6.45, 7) is 3.60. The van der Waals surface area contributed by atoms with Gasteiger partial charge in [-0.3, -0.25) is 14.0 Å². The summed E-state index contributed by atoms with van der Waals surface area (Å²) in [4.78, 5) is 29.9. The van der Waals surface area contributed by atoms with Gasteiger partial charge in [0.05, 0.1) is 5.69 Å². The van der Waals surface area contributed by atoms with Crippen molar-refractivity contribution >= 4 is 27.9 Å².